The summed E-state index contributed by atoms with van der Waals surface area (Å²) in [5, 5.41) is 0. The summed E-state index contributed by atoms with van der Waals surface area (Å²) in [5.74, 6) is 0.865. The molecule has 0 spiro atoms. The minimum atomic E-state index is 0.669. The van der Waals surface area contributed by atoms with Crippen LogP contribution in [0, 0.1) is 5.92 Å². The van der Waals surface area contributed by atoms with E-state index in [-0.39, 0.29) is 0 Å². The molecule has 17 heavy (non-hydrogen) atoms. The van der Waals surface area contributed by atoms with Crippen LogP contribution >= 0.6 is 15.9 Å². The molecule has 3 nitrogen and oxygen atoms in total. The van der Waals surface area contributed by atoms with Crippen LogP contribution in [0.3, 0.4) is 0 Å². The van der Waals surface area contributed by atoms with Gasteiger partial charge in [0.1, 0.15) is 0 Å². The standard InChI is InChI=1S/C13H26BrNO2/c1-12(14)13-4-7-15(8-5-13)6-3-9-17-11-10-16-2/h12-13H,3-11H2,1-2H3. The van der Waals surface area contributed by atoms with Crippen molar-refractivity contribution in [2.24, 2.45) is 5.92 Å². The maximum absolute atomic E-state index is 5.47. The third-order valence-electron chi connectivity index (χ3n) is 3.48. The van der Waals surface area contributed by atoms with Crippen molar-refractivity contribution in [1.82, 2.24) is 4.90 Å². The van der Waals surface area contributed by atoms with Gasteiger partial charge in [0.05, 0.1) is 13.2 Å². The highest BCUT2D eigenvalue weighted by atomic mass is 79.9. The number of hydrogen-bond acceptors (Lipinski definition) is 3. The van der Waals surface area contributed by atoms with E-state index in [2.05, 4.69) is 27.8 Å². The van der Waals surface area contributed by atoms with E-state index in [0.717, 1.165) is 25.6 Å². The van der Waals surface area contributed by atoms with Gasteiger partial charge in [-0.25, -0.2) is 0 Å². The molecule has 1 aliphatic rings. The number of ether oxygens (including phenoxy) is 2. The molecular weight excluding hydrogens is 282 g/mol. The van der Waals surface area contributed by atoms with Crippen LogP contribution in [-0.2, 0) is 9.47 Å². The summed E-state index contributed by atoms with van der Waals surface area (Å²) >= 11 is 3.69. The van der Waals surface area contributed by atoms with Crippen LogP contribution < -0.4 is 0 Å². The van der Waals surface area contributed by atoms with Gasteiger partial charge in [0.15, 0.2) is 0 Å². The van der Waals surface area contributed by atoms with Gasteiger partial charge in [-0.1, -0.05) is 22.9 Å². The lowest BCUT2D eigenvalue weighted by atomic mass is 9.94. The predicted octanol–water partition coefficient (Wildman–Crippen LogP) is 2.53. The number of alkyl halides is 1. The Kier molecular flexibility index (Phi) is 8.44. The lowest BCUT2D eigenvalue weighted by Crippen LogP contribution is -2.36. The average Bonchev–Trinajstić information content (AvgIpc) is 2.34. The maximum atomic E-state index is 5.47. The van der Waals surface area contributed by atoms with E-state index in [0.29, 0.717) is 11.4 Å². The first-order valence-electron chi connectivity index (χ1n) is 6.67. The molecule has 0 amide bonds. The average molecular weight is 308 g/mol. The molecule has 1 fully saturated rings. The highest BCUT2D eigenvalue weighted by Crippen LogP contribution is 2.24. The number of nitrogens with zero attached hydrogens (tertiary/aromatic N) is 1. The molecule has 0 aliphatic carbocycles. The van der Waals surface area contributed by atoms with E-state index in [9.17, 15) is 0 Å². The van der Waals surface area contributed by atoms with E-state index < -0.39 is 0 Å². The van der Waals surface area contributed by atoms with E-state index in [1.54, 1.807) is 7.11 Å². The highest BCUT2D eigenvalue weighted by molar-refractivity contribution is 9.09. The molecule has 0 aromatic rings. The third-order valence-corrected chi connectivity index (χ3v) is 4.22. The van der Waals surface area contributed by atoms with E-state index >= 15 is 0 Å². The molecule has 1 atom stereocenters. The molecule has 0 bridgehead atoms. The summed E-state index contributed by atoms with van der Waals surface area (Å²) in [6.07, 6.45) is 3.80. The highest BCUT2D eigenvalue weighted by Gasteiger charge is 2.21. The molecule has 1 rings (SSSR count). The van der Waals surface area contributed by atoms with Gasteiger partial charge < -0.3 is 14.4 Å². The molecule has 0 aromatic carbocycles. The van der Waals surface area contributed by atoms with Gasteiger partial charge in [-0.3, -0.25) is 0 Å². The molecule has 102 valence electrons. The Bertz CT molecular complexity index is 182. The van der Waals surface area contributed by atoms with Crippen molar-refractivity contribution in [1.29, 1.82) is 0 Å². The van der Waals surface area contributed by atoms with Crippen LogP contribution in [0.15, 0.2) is 0 Å². The zero-order valence-electron chi connectivity index (χ0n) is 11.2. The molecular formula is C13H26BrNO2. The number of methoxy groups -OCH3 is 1. The first kappa shape index (κ1) is 15.4. The number of rotatable bonds is 8. The lowest BCUT2D eigenvalue weighted by molar-refractivity contribution is 0.0631. The second kappa shape index (κ2) is 9.31. The number of halogens is 1. The van der Waals surface area contributed by atoms with Crippen molar-refractivity contribution in [3.05, 3.63) is 0 Å². The molecule has 1 saturated heterocycles. The predicted molar refractivity (Wildman–Crippen MR) is 74.9 cm³/mol. The van der Waals surface area contributed by atoms with Crippen molar-refractivity contribution in [3.63, 3.8) is 0 Å². The zero-order valence-corrected chi connectivity index (χ0v) is 12.7. The Hall–Kier alpha value is 0.360. The molecule has 1 unspecified atom stereocenters. The molecule has 0 aromatic heterocycles. The van der Waals surface area contributed by atoms with Gasteiger partial charge in [0.2, 0.25) is 0 Å². The molecule has 0 radical (unpaired) electrons. The fraction of sp³-hybridized carbons (Fsp3) is 1.00. The summed E-state index contributed by atoms with van der Waals surface area (Å²) in [5.41, 5.74) is 0. The van der Waals surface area contributed by atoms with Crippen molar-refractivity contribution >= 4 is 15.9 Å². The second-order valence-electron chi connectivity index (χ2n) is 4.82. The summed E-state index contributed by atoms with van der Waals surface area (Å²) < 4.78 is 10.4. The summed E-state index contributed by atoms with van der Waals surface area (Å²) in [4.78, 5) is 3.23. The monoisotopic (exact) mass is 307 g/mol. The van der Waals surface area contributed by atoms with Gasteiger partial charge in [-0.15, -0.1) is 0 Å². The molecule has 0 saturated carbocycles. The number of likely N-dealkylation sites (tertiary alicyclic amines) is 1. The largest absolute Gasteiger partial charge is 0.382 e. The molecule has 1 heterocycles. The Labute approximate surface area is 114 Å². The molecule has 0 N–H and O–H groups in total. The van der Waals surface area contributed by atoms with Gasteiger partial charge in [0, 0.05) is 25.1 Å². The van der Waals surface area contributed by atoms with Crippen LogP contribution in [-0.4, -0.2) is 56.3 Å². The van der Waals surface area contributed by atoms with Gasteiger partial charge in [0.25, 0.3) is 0 Å². The summed E-state index contributed by atoms with van der Waals surface area (Å²) in [6.45, 7) is 8.23. The van der Waals surface area contributed by atoms with Crippen molar-refractivity contribution in [2.75, 3.05) is 46.6 Å². The number of hydrogen-bond donors (Lipinski definition) is 0. The Morgan fingerprint density at radius 2 is 1.94 bits per heavy atom. The SMILES string of the molecule is COCCOCCCN1CCC(C(C)Br)CC1. The molecule has 4 heteroatoms. The maximum Gasteiger partial charge on any atom is 0.0700 e. The fourth-order valence-corrected chi connectivity index (χ4v) is 2.80. The minimum Gasteiger partial charge on any atom is -0.382 e. The summed E-state index contributed by atoms with van der Waals surface area (Å²) in [7, 11) is 1.71. The Balaban J connectivity index is 1.95. The van der Waals surface area contributed by atoms with Gasteiger partial charge in [-0.05, 0) is 38.3 Å². The minimum absolute atomic E-state index is 0.669. The van der Waals surface area contributed by atoms with Crippen molar-refractivity contribution < 1.29 is 9.47 Å². The lowest BCUT2D eigenvalue weighted by Gasteiger charge is -2.33. The van der Waals surface area contributed by atoms with Gasteiger partial charge >= 0.3 is 0 Å². The van der Waals surface area contributed by atoms with Crippen molar-refractivity contribution in [2.45, 2.75) is 31.0 Å². The second-order valence-corrected chi connectivity index (χ2v) is 6.26. The first-order valence-corrected chi connectivity index (χ1v) is 7.58. The Morgan fingerprint density at radius 3 is 2.53 bits per heavy atom. The third kappa shape index (κ3) is 6.75. The van der Waals surface area contributed by atoms with E-state index in [1.807, 2.05) is 0 Å². The van der Waals surface area contributed by atoms with Crippen LogP contribution in [0.25, 0.3) is 0 Å². The normalized spacial score (nSPS) is 20.6. The first-order chi connectivity index (χ1) is 8.24. The quantitative estimate of drug-likeness (QED) is 0.508. The number of piperidine rings is 1. The fourth-order valence-electron chi connectivity index (χ4n) is 2.27. The van der Waals surface area contributed by atoms with Crippen LogP contribution in [0.2, 0.25) is 0 Å². The van der Waals surface area contributed by atoms with E-state index in [4.69, 9.17) is 9.47 Å². The topological polar surface area (TPSA) is 21.7 Å². The van der Waals surface area contributed by atoms with Gasteiger partial charge in [-0.2, -0.15) is 0 Å². The van der Waals surface area contributed by atoms with Crippen LogP contribution in [0.4, 0.5) is 0 Å². The van der Waals surface area contributed by atoms with E-state index in [1.165, 1.54) is 32.5 Å². The molecule has 1 aliphatic heterocycles. The van der Waals surface area contributed by atoms with Crippen LogP contribution in [0.5, 0.6) is 0 Å². The summed E-state index contributed by atoms with van der Waals surface area (Å²) in [6, 6.07) is 0. The van der Waals surface area contributed by atoms with Crippen molar-refractivity contribution in [3.8, 4) is 0 Å². The van der Waals surface area contributed by atoms with Crippen LogP contribution in [0.1, 0.15) is 26.2 Å². The Morgan fingerprint density at radius 1 is 1.24 bits per heavy atom. The zero-order chi connectivity index (χ0) is 12.5. The smallest absolute Gasteiger partial charge is 0.0700 e.